The second-order valence-electron chi connectivity index (χ2n) is 3.17. The first-order valence-electron chi connectivity index (χ1n) is 5.06. The van der Waals surface area contributed by atoms with Crippen LogP contribution in [0.5, 0.6) is 0 Å². The molecular weight excluding hydrogens is 233 g/mol. The van der Waals surface area contributed by atoms with E-state index in [9.17, 15) is 4.39 Å². The molecule has 0 spiro atoms. The molecule has 0 atom stereocenters. The van der Waals surface area contributed by atoms with E-state index in [4.69, 9.17) is 22.1 Å². The Morgan fingerprint density at radius 2 is 2.31 bits per heavy atom. The lowest BCUT2D eigenvalue weighted by Gasteiger charge is -2.06. The molecule has 1 aromatic rings. The highest BCUT2D eigenvalue weighted by Crippen LogP contribution is 2.15. The smallest absolute Gasteiger partial charge is 0.166 e. The molecule has 1 aromatic heterocycles. The number of hydrogen-bond acceptors (Lipinski definition) is 4. The number of nitrogens with zero attached hydrogens (tertiary/aromatic N) is 1. The summed E-state index contributed by atoms with van der Waals surface area (Å²) in [7, 11) is 0. The lowest BCUT2D eigenvalue weighted by Crippen LogP contribution is -2.12. The number of rotatable bonds is 7. The highest BCUT2D eigenvalue weighted by molar-refractivity contribution is 6.30. The number of nitrogens with one attached hydrogen (secondary N) is 1. The third kappa shape index (κ3) is 4.74. The highest BCUT2D eigenvalue weighted by atomic mass is 35.5. The van der Waals surface area contributed by atoms with Crippen molar-refractivity contribution in [1.29, 1.82) is 0 Å². The fourth-order valence-electron chi connectivity index (χ4n) is 1.11. The topological polar surface area (TPSA) is 60.2 Å². The molecule has 0 radical (unpaired) electrons. The van der Waals surface area contributed by atoms with Crippen LogP contribution in [0.2, 0.25) is 5.02 Å². The van der Waals surface area contributed by atoms with Gasteiger partial charge < -0.3 is 15.8 Å². The largest absolute Gasteiger partial charge is 0.380 e. The predicted octanol–water partition coefficient (Wildman–Crippen LogP) is 1.65. The zero-order valence-electron chi connectivity index (χ0n) is 8.88. The van der Waals surface area contributed by atoms with E-state index in [1.54, 1.807) is 0 Å². The number of ether oxygens (including phenoxy) is 1. The van der Waals surface area contributed by atoms with Crippen LogP contribution in [0.4, 0.5) is 10.2 Å². The van der Waals surface area contributed by atoms with Crippen molar-refractivity contribution in [3.63, 3.8) is 0 Å². The van der Waals surface area contributed by atoms with Crippen LogP contribution in [0.25, 0.3) is 0 Å². The van der Waals surface area contributed by atoms with Gasteiger partial charge in [-0.3, -0.25) is 0 Å². The monoisotopic (exact) mass is 247 g/mol. The van der Waals surface area contributed by atoms with E-state index in [1.165, 1.54) is 12.3 Å². The average Bonchev–Trinajstić information content (AvgIpc) is 2.26. The Morgan fingerprint density at radius 1 is 1.50 bits per heavy atom. The van der Waals surface area contributed by atoms with E-state index in [0.717, 1.165) is 6.42 Å². The summed E-state index contributed by atoms with van der Waals surface area (Å²) in [6, 6.07) is 1.22. The van der Waals surface area contributed by atoms with Gasteiger partial charge in [0, 0.05) is 25.9 Å². The molecule has 0 aliphatic carbocycles. The Morgan fingerprint density at radius 3 is 3.00 bits per heavy atom. The minimum Gasteiger partial charge on any atom is -0.380 e. The minimum atomic E-state index is -0.449. The molecule has 0 bridgehead atoms. The molecule has 1 heterocycles. The number of nitrogens with two attached hydrogens (primary N) is 1. The van der Waals surface area contributed by atoms with Crippen LogP contribution in [0.3, 0.4) is 0 Å². The maximum Gasteiger partial charge on any atom is 0.166 e. The second kappa shape index (κ2) is 7.38. The SMILES string of the molecule is NCCOCCCNc1ncc(Cl)cc1F. The van der Waals surface area contributed by atoms with Gasteiger partial charge >= 0.3 is 0 Å². The van der Waals surface area contributed by atoms with E-state index in [-0.39, 0.29) is 10.8 Å². The van der Waals surface area contributed by atoms with E-state index < -0.39 is 5.82 Å². The first kappa shape index (κ1) is 13.2. The lowest BCUT2D eigenvalue weighted by molar-refractivity contribution is 0.141. The summed E-state index contributed by atoms with van der Waals surface area (Å²) in [6.45, 7) is 2.25. The fraction of sp³-hybridized carbons (Fsp3) is 0.500. The fourth-order valence-corrected chi connectivity index (χ4v) is 1.26. The van der Waals surface area contributed by atoms with Crippen LogP contribution in [0.15, 0.2) is 12.3 Å². The molecule has 0 aliphatic heterocycles. The Kier molecular flexibility index (Phi) is 6.07. The Bertz CT molecular complexity index is 325. The van der Waals surface area contributed by atoms with Gasteiger partial charge in [0.2, 0.25) is 0 Å². The van der Waals surface area contributed by atoms with Gasteiger partial charge in [0.25, 0.3) is 0 Å². The molecule has 0 fully saturated rings. The van der Waals surface area contributed by atoms with Gasteiger partial charge in [-0.05, 0) is 12.5 Å². The van der Waals surface area contributed by atoms with Crippen molar-refractivity contribution in [3.05, 3.63) is 23.1 Å². The molecule has 0 saturated carbocycles. The third-order valence-electron chi connectivity index (χ3n) is 1.83. The lowest BCUT2D eigenvalue weighted by atomic mass is 10.4. The number of halogens is 2. The van der Waals surface area contributed by atoms with Gasteiger partial charge in [-0.2, -0.15) is 0 Å². The van der Waals surface area contributed by atoms with Crippen molar-refractivity contribution in [2.24, 2.45) is 5.73 Å². The van der Waals surface area contributed by atoms with Gasteiger partial charge in [0.1, 0.15) is 0 Å². The van der Waals surface area contributed by atoms with Crippen LogP contribution in [-0.2, 0) is 4.74 Å². The van der Waals surface area contributed by atoms with E-state index in [2.05, 4.69) is 10.3 Å². The molecule has 1 rings (SSSR count). The van der Waals surface area contributed by atoms with Crippen LogP contribution < -0.4 is 11.1 Å². The zero-order valence-corrected chi connectivity index (χ0v) is 9.63. The first-order valence-corrected chi connectivity index (χ1v) is 5.44. The number of hydrogen-bond donors (Lipinski definition) is 2. The van der Waals surface area contributed by atoms with Crippen LogP contribution >= 0.6 is 11.6 Å². The molecule has 0 aliphatic rings. The Balaban J connectivity index is 2.21. The molecule has 4 nitrogen and oxygen atoms in total. The maximum atomic E-state index is 13.2. The molecule has 3 N–H and O–H groups in total. The zero-order chi connectivity index (χ0) is 11.8. The second-order valence-corrected chi connectivity index (χ2v) is 3.60. The van der Waals surface area contributed by atoms with E-state index in [1.807, 2.05) is 0 Å². The Hall–Kier alpha value is -0.910. The maximum absolute atomic E-state index is 13.2. The first-order chi connectivity index (χ1) is 7.74. The van der Waals surface area contributed by atoms with Crippen molar-refractivity contribution in [3.8, 4) is 0 Å². The quantitative estimate of drug-likeness (QED) is 0.720. The van der Waals surface area contributed by atoms with E-state index in [0.29, 0.717) is 26.3 Å². The van der Waals surface area contributed by atoms with Gasteiger partial charge in [-0.25, -0.2) is 9.37 Å². The molecule has 16 heavy (non-hydrogen) atoms. The normalized spacial score (nSPS) is 10.4. The molecule has 0 saturated heterocycles. The molecule has 0 aromatic carbocycles. The standard InChI is InChI=1S/C10H15ClFN3O/c11-8-6-9(12)10(15-7-8)14-3-1-4-16-5-2-13/h6-7H,1-5,13H2,(H,14,15). The van der Waals surface area contributed by atoms with Crippen LogP contribution in [0.1, 0.15) is 6.42 Å². The van der Waals surface area contributed by atoms with Crippen LogP contribution in [0, 0.1) is 5.82 Å². The van der Waals surface area contributed by atoms with Gasteiger partial charge in [0.15, 0.2) is 11.6 Å². The third-order valence-corrected chi connectivity index (χ3v) is 2.03. The number of pyridine rings is 1. The summed E-state index contributed by atoms with van der Waals surface area (Å²) in [6.07, 6.45) is 2.17. The highest BCUT2D eigenvalue weighted by Gasteiger charge is 2.02. The van der Waals surface area contributed by atoms with Gasteiger partial charge in [-0.1, -0.05) is 11.6 Å². The summed E-state index contributed by atoms with van der Waals surface area (Å²) < 4.78 is 18.4. The van der Waals surface area contributed by atoms with E-state index >= 15 is 0 Å². The average molecular weight is 248 g/mol. The van der Waals surface area contributed by atoms with Gasteiger partial charge in [0.05, 0.1) is 11.6 Å². The summed E-state index contributed by atoms with van der Waals surface area (Å²) in [5, 5.41) is 3.15. The molecule has 0 amide bonds. The molecular formula is C10H15ClFN3O. The summed E-state index contributed by atoms with van der Waals surface area (Å²) in [5.74, 6) is -0.237. The van der Waals surface area contributed by atoms with Crippen molar-refractivity contribution < 1.29 is 9.13 Å². The van der Waals surface area contributed by atoms with Gasteiger partial charge in [-0.15, -0.1) is 0 Å². The predicted molar refractivity (Wildman–Crippen MR) is 62.2 cm³/mol. The molecule has 90 valence electrons. The summed E-state index contributed by atoms with van der Waals surface area (Å²) in [5.41, 5.74) is 5.26. The summed E-state index contributed by atoms with van der Waals surface area (Å²) in [4.78, 5) is 3.83. The van der Waals surface area contributed by atoms with Crippen molar-refractivity contribution in [2.75, 3.05) is 31.6 Å². The minimum absolute atomic E-state index is 0.211. The Labute approximate surface area is 98.9 Å². The van der Waals surface area contributed by atoms with Crippen molar-refractivity contribution >= 4 is 17.4 Å². The molecule has 0 unspecified atom stereocenters. The van der Waals surface area contributed by atoms with Crippen molar-refractivity contribution in [1.82, 2.24) is 4.98 Å². The van der Waals surface area contributed by atoms with Crippen molar-refractivity contribution in [2.45, 2.75) is 6.42 Å². The number of anilines is 1. The van der Waals surface area contributed by atoms with Crippen LogP contribution in [-0.4, -0.2) is 31.3 Å². The molecule has 6 heteroatoms. The number of aromatic nitrogens is 1. The summed E-state index contributed by atoms with van der Waals surface area (Å²) >= 11 is 5.57.